The molecule has 0 spiro atoms. The molecule has 0 saturated heterocycles. The summed E-state index contributed by atoms with van der Waals surface area (Å²) in [6, 6.07) is 0. The van der Waals surface area contributed by atoms with Crippen molar-refractivity contribution in [1.29, 1.82) is 0 Å². The van der Waals surface area contributed by atoms with Crippen molar-refractivity contribution >= 4 is 11.9 Å². The Kier molecular flexibility index (Phi) is 13.0. The van der Waals surface area contributed by atoms with E-state index in [0.29, 0.717) is 12.5 Å². The van der Waals surface area contributed by atoms with Gasteiger partial charge in [0.15, 0.2) is 5.96 Å². The van der Waals surface area contributed by atoms with Gasteiger partial charge in [-0.15, -0.1) is 0 Å². The fraction of sp³-hybridized carbons (Fsp3) is 0.895. The molecule has 1 saturated carbocycles. The Morgan fingerprint density at radius 1 is 1.08 bits per heavy atom. The molecular weight excluding hydrogens is 318 g/mol. The zero-order valence-electron chi connectivity index (χ0n) is 16.1. The maximum atomic E-state index is 11.0. The first kappa shape index (κ1) is 21.7. The zero-order chi connectivity index (χ0) is 18.2. The molecule has 0 radical (unpaired) electrons. The van der Waals surface area contributed by atoms with Crippen LogP contribution in [0.15, 0.2) is 4.99 Å². The van der Waals surface area contributed by atoms with Gasteiger partial charge in [0.1, 0.15) is 0 Å². The summed E-state index contributed by atoms with van der Waals surface area (Å²) in [5, 5.41) is 6.59. The van der Waals surface area contributed by atoms with Gasteiger partial charge in [-0.05, 0) is 32.6 Å². The molecule has 0 bridgehead atoms. The second kappa shape index (κ2) is 15.0. The average Bonchev–Trinajstić information content (AvgIpc) is 2.90. The van der Waals surface area contributed by atoms with Gasteiger partial charge in [-0.3, -0.25) is 9.79 Å². The number of methoxy groups -OCH3 is 1. The third kappa shape index (κ3) is 11.8. The molecule has 25 heavy (non-hydrogen) atoms. The lowest BCUT2D eigenvalue weighted by molar-refractivity contribution is -0.140. The smallest absolute Gasteiger partial charge is 0.305 e. The predicted octanol–water partition coefficient (Wildman–Crippen LogP) is 3.01. The number of aliphatic imine (C=N–C) groups is 1. The lowest BCUT2D eigenvalue weighted by Gasteiger charge is -2.16. The number of carbonyl (C=O) groups is 1. The minimum Gasteiger partial charge on any atom is -0.469 e. The van der Waals surface area contributed by atoms with Gasteiger partial charge in [-0.2, -0.15) is 0 Å². The van der Waals surface area contributed by atoms with Gasteiger partial charge in [-0.25, -0.2) is 0 Å². The van der Waals surface area contributed by atoms with E-state index in [9.17, 15) is 4.79 Å². The van der Waals surface area contributed by atoms with Crippen LogP contribution in [-0.4, -0.2) is 51.4 Å². The van der Waals surface area contributed by atoms with Crippen LogP contribution in [0.3, 0.4) is 0 Å². The van der Waals surface area contributed by atoms with E-state index in [4.69, 9.17) is 4.74 Å². The first-order chi connectivity index (χ1) is 12.3. The largest absolute Gasteiger partial charge is 0.469 e. The third-order valence-electron chi connectivity index (χ3n) is 4.43. The second-order valence-electron chi connectivity index (χ2n) is 6.56. The maximum Gasteiger partial charge on any atom is 0.305 e. The number of guanidine groups is 1. The molecular formula is C19H37N3O3. The number of carbonyl (C=O) groups excluding carboxylic acids is 1. The Bertz CT molecular complexity index is 367. The number of hydrogen-bond acceptors (Lipinski definition) is 4. The van der Waals surface area contributed by atoms with Crippen LogP contribution < -0.4 is 10.6 Å². The monoisotopic (exact) mass is 355 g/mol. The van der Waals surface area contributed by atoms with E-state index in [0.717, 1.165) is 51.5 Å². The van der Waals surface area contributed by atoms with Crippen LogP contribution in [0.4, 0.5) is 0 Å². The summed E-state index contributed by atoms with van der Waals surface area (Å²) >= 11 is 0. The summed E-state index contributed by atoms with van der Waals surface area (Å²) < 4.78 is 10.6. The minimum absolute atomic E-state index is 0.132. The average molecular weight is 356 g/mol. The van der Waals surface area contributed by atoms with Gasteiger partial charge in [0.25, 0.3) is 0 Å². The highest BCUT2D eigenvalue weighted by Gasteiger charge is 2.12. The van der Waals surface area contributed by atoms with Crippen LogP contribution in [0.2, 0.25) is 0 Å². The van der Waals surface area contributed by atoms with Crippen LogP contribution >= 0.6 is 0 Å². The second-order valence-corrected chi connectivity index (χ2v) is 6.56. The van der Waals surface area contributed by atoms with Crippen LogP contribution in [-0.2, 0) is 14.3 Å². The number of hydrogen-bond donors (Lipinski definition) is 2. The van der Waals surface area contributed by atoms with Crippen LogP contribution in [0.25, 0.3) is 0 Å². The molecule has 1 rings (SSSR count). The minimum atomic E-state index is -0.132. The van der Waals surface area contributed by atoms with E-state index in [1.165, 1.54) is 45.6 Å². The van der Waals surface area contributed by atoms with Crippen molar-refractivity contribution in [3.8, 4) is 0 Å². The van der Waals surface area contributed by atoms with Gasteiger partial charge in [-0.1, -0.05) is 32.1 Å². The number of rotatable bonds is 11. The summed E-state index contributed by atoms with van der Waals surface area (Å²) in [5.74, 6) is 0.715. The molecule has 6 nitrogen and oxygen atoms in total. The van der Waals surface area contributed by atoms with Crippen molar-refractivity contribution in [2.75, 3.05) is 33.4 Å². The molecule has 0 aromatic heterocycles. The zero-order valence-corrected chi connectivity index (χ0v) is 16.1. The molecule has 1 aliphatic rings. The predicted molar refractivity (Wildman–Crippen MR) is 102 cm³/mol. The van der Waals surface area contributed by atoms with E-state index in [1.54, 1.807) is 0 Å². The standard InChI is InChI=1S/C19H37N3O3/c1-3-20-19(21-14-10-6-9-13-18(23)24-2)22-15-16-25-17-11-7-4-5-8-12-17/h17H,3-16H2,1-2H3,(H2,20,21,22). The Morgan fingerprint density at radius 3 is 2.52 bits per heavy atom. The van der Waals surface area contributed by atoms with E-state index in [2.05, 4.69) is 27.3 Å². The number of esters is 1. The molecule has 0 aromatic rings. The molecule has 1 fully saturated rings. The van der Waals surface area contributed by atoms with E-state index in [-0.39, 0.29) is 5.97 Å². The molecule has 0 amide bonds. The SMILES string of the molecule is CCNC(=NCCCCCC(=O)OC)NCCOC1CCCCCC1. The highest BCUT2D eigenvalue weighted by Crippen LogP contribution is 2.19. The molecule has 0 aliphatic heterocycles. The molecule has 6 heteroatoms. The van der Waals surface area contributed by atoms with Crippen molar-refractivity contribution < 1.29 is 14.3 Å². The van der Waals surface area contributed by atoms with Crippen LogP contribution in [0.5, 0.6) is 0 Å². The van der Waals surface area contributed by atoms with Crippen LogP contribution in [0, 0.1) is 0 Å². The van der Waals surface area contributed by atoms with Gasteiger partial charge in [0, 0.05) is 26.1 Å². The molecule has 0 aromatic carbocycles. The number of nitrogens with one attached hydrogen (secondary N) is 2. The van der Waals surface area contributed by atoms with E-state index >= 15 is 0 Å². The fourth-order valence-electron chi connectivity index (χ4n) is 3.00. The van der Waals surface area contributed by atoms with Gasteiger partial charge >= 0.3 is 5.97 Å². The number of nitrogens with zero attached hydrogens (tertiary/aromatic N) is 1. The summed E-state index contributed by atoms with van der Waals surface area (Å²) in [7, 11) is 1.43. The van der Waals surface area contributed by atoms with Crippen molar-refractivity contribution in [1.82, 2.24) is 10.6 Å². The molecule has 0 atom stereocenters. The molecule has 146 valence electrons. The number of unbranched alkanes of at least 4 members (excludes halogenated alkanes) is 2. The van der Waals surface area contributed by atoms with Crippen molar-refractivity contribution in [2.45, 2.75) is 77.2 Å². The Balaban J connectivity index is 2.11. The normalized spacial score (nSPS) is 16.3. The topological polar surface area (TPSA) is 72.0 Å². The first-order valence-corrected chi connectivity index (χ1v) is 9.96. The molecule has 0 unspecified atom stereocenters. The lowest BCUT2D eigenvalue weighted by atomic mass is 10.1. The van der Waals surface area contributed by atoms with Gasteiger partial charge < -0.3 is 20.1 Å². The third-order valence-corrected chi connectivity index (χ3v) is 4.43. The maximum absolute atomic E-state index is 11.0. The summed E-state index contributed by atoms with van der Waals surface area (Å²) in [6.07, 6.45) is 11.5. The fourth-order valence-corrected chi connectivity index (χ4v) is 3.00. The highest BCUT2D eigenvalue weighted by molar-refractivity contribution is 5.79. The van der Waals surface area contributed by atoms with E-state index in [1.807, 2.05) is 0 Å². The molecule has 0 heterocycles. The Morgan fingerprint density at radius 2 is 1.84 bits per heavy atom. The Labute approximate surface area is 153 Å². The summed E-state index contributed by atoms with van der Waals surface area (Å²) in [4.78, 5) is 15.6. The highest BCUT2D eigenvalue weighted by atomic mass is 16.5. The Hall–Kier alpha value is -1.30. The van der Waals surface area contributed by atoms with Crippen molar-refractivity contribution in [2.24, 2.45) is 4.99 Å². The quantitative estimate of drug-likeness (QED) is 0.196. The molecule has 1 aliphatic carbocycles. The molecule has 2 N–H and O–H groups in total. The summed E-state index contributed by atoms with van der Waals surface area (Å²) in [5.41, 5.74) is 0. The number of ether oxygens (including phenoxy) is 2. The lowest BCUT2D eigenvalue weighted by Crippen LogP contribution is -2.39. The first-order valence-electron chi connectivity index (χ1n) is 9.96. The summed E-state index contributed by atoms with van der Waals surface area (Å²) in [6.45, 7) is 5.19. The van der Waals surface area contributed by atoms with Crippen LogP contribution in [0.1, 0.15) is 71.1 Å². The van der Waals surface area contributed by atoms with Crippen molar-refractivity contribution in [3.63, 3.8) is 0 Å². The van der Waals surface area contributed by atoms with E-state index < -0.39 is 0 Å². The van der Waals surface area contributed by atoms with Gasteiger partial charge in [0.2, 0.25) is 0 Å². The van der Waals surface area contributed by atoms with Crippen molar-refractivity contribution in [3.05, 3.63) is 0 Å². The van der Waals surface area contributed by atoms with Gasteiger partial charge in [0.05, 0.1) is 19.8 Å².